The lowest BCUT2D eigenvalue weighted by molar-refractivity contribution is -0.183. The second-order valence-corrected chi connectivity index (χ2v) is 10.9. The van der Waals surface area contributed by atoms with Gasteiger partial charge in [-0.15, -0.1) is 0 Å². The van der Waals surface area contributed by atoms with E-state index in [9.17, 15) is 18.0 Å². The summed E-state index contributed by atoms with van der Waals surface area (Å²) in [6, 6.07) is -0.215. The molecule has 0 spiro atoms. The quantitative estimate of drug-likeness (QED) is 0.638. The molecule has 0 radical (unpaired) electrons. The van der Waals surface area contributed by atoms with Gasteiger partial charge in [0.2, 0.25) is 5.91 Å². The first-order valence-corrected chi connectivity index (χ1v) is 13.1. The van der Waals surface area contributed by atoms with Crippen molar-refractivity contribution in [2.45, 2.75) is 76.4 Å². The van der Waals surface area contributed by atoms with E-state index in [1.54, 1.807) is 10.7 Å². The third-order valence-electron chi connectivity index (χ3n) is 8.32. The Balaban J connectivity index is 1.45. The molecule has 1 saturated carbocycles. The minimum absolute atomic E-state index is 0.0602. The summed E-state index contributed by atoms with van der Waals surface area (Å²) >= 11 is 0. The van der Waals surface area contributed by atoms with E-state index in [1.807, 2.05) is 0 Å². The zero-order chi connectivity index (χ0) is 25.4. The normalized spacial score (nSPS) is 29.3. The van der Waals surface area contributed by atoms with Gasteiger partial charge in [0.1, 0.15) is 0 Å². The fourth-order valence-corrected chi connectivity index (χ4v) is 5.93. The molecule has 1 aliphatic carbocycles. The molecule has 36 heavy (non-hydrogen) atoms. The molecule has 8 nitrogen and oxygen atoms in total. The van der Waals surface area contributed by atoms with E-state index in [0.717, 1.165) is 50.1 Å². The van der Waals surface area contributed by atoms with Crippen LogP contribution in [-0.4, -0.2) is 51.4 Å². The standard InChI is InChI=1S/C25H35F3N6O2/c1-14-2-4-15(5-3-14)21(29)20-13-34-24(31-20)32-22(16-6-8-36-9-7-16)19(33-34)11-17-10-18(25(26,27)28)12-30-23(17)35/h13-18,21H,2-12,29H2,1H3,(H,30,35)/t14?,15?,17-,18+,21+/m1/s1. The predicted molar refractivity (Wildman–Crippen MR) is 126 cm³/mol. The molecule has 2 aliphatic heterocycles. The maximum Gasteiger partial charge on any atom is 0.393 e. The van der Waals surface area contributed by atoms with Crippen LogP contribution in [-0.2, 0) is 16.0 Å². The summed E-state index contributed by atoms with van der Waals surface area (Å²) in [6.07, 6.45) is 3.22. The number of halogens is 3. The highest BCUT2D eigenvalue weighted by molar-refractivity contribution is 5.79. The van der Waals surface area contributed by atoms with E-state index in [0.29, 0.717) is 36.3 Å². The van der Waals surface area contributed by atoms with E-state index < -0.39 is 18.0 Å². The topological polar surface area (TPSA) is 107 Å². The minimum Gasteiger partial charge on any atom is -0.381 e. The van der Waals surface area contributed by atoms with Gasteiger partial charge in [0.15, 0.2) is 0 Å². The molecule has 198 valence electrons. The fourth-order valence-electron chi connectivity index (χ4n) is 5.93. The van der Waals surface area contributed by atoms with Crippen LogP contribution in [0.5, 0.6) is 0 Å². The minimum atomic E-state index is -4.35. The Morgan fingerprint density at radius 2 is 1.89 bits per heavy atom. The molecule has 0 bridgehead atoms. The molecule has 1 amide bonds. The number of alkyl halides is 3. The monoisotopic (exact) mass is 508 g/mol. The summed E-state index contributed by atoms with van der Waals surface area (Å²) in [5.74, 6) is -1.16. The van der Waals surface area contributed by atoms with E-state index >= 15 is 0 Å². The first-order valence-electron chi connectivity index (χ1n) is 13.1. The number of amides is 1. The molecule has 4 heterocycles. The molecular weight excluding hydrogens is 473 g/mol. The second-order valence-electron chi connectivity index (χ2n) is 10.9. The van der Waals surface area contributed by atoms with Crippen LogP contribution in [0.2, 0.25) is 0 Å². The number of aromatic nitrogens is 4. The number of imidazole rings is 1. The lowest BCUT2D eigenvalue weighted by atomic mass is 9.79. The lowest BCUT2D eigenvalue weighted by Crippen LogP contribution is -2.47. The maximum atomic E-state index is 13.4. The molecule has 3 atom stereocenters. The van der Waals surface area contributed by atoms with Crippen LogP contribution in [0.25, 0.3) is 5.78 Å². The third-order valence-corrected chi connectivity index (χ3v) is 8.32. The Labute approximate surface area is 208 Å². The van der Waals surface area contributed by atoms with Gasteiger partial charge in [-0.05, 0) is 43.9 Å². The highest BCUT2D eigenvalue weighted by Gasteiger charge is 2.45. The van der Waals surface area contributed by atoms with Gasteiger partial charge in [-0.25, -0.2) is 14.5 Å². The SMILES string of the molecule is CC1CCC([C@H](N)c2cn3nc(C[C@H]4C[C@H](C(F)(F)F)CNC4=O)c(C4CCOCC4)nc3n2)CC1. The smallest absolute Gasteiger partial charge is 0.381 e. The molecule has 0 unspecified atom stereocenters. The Morgan fingerprint density at radius 1 is 1.17 bits per heavy atom. The summed E-state index contributed by atoms with van der Waals surface area (Å²) in [7, 11) is 0. The second kappa shape index (κ2) is 10.2. The average molecular weight is 509 g/mol. The van der Waals surface area contributed by atoms with Crippen LogP contribution in [0, 0.1) is 23.7 Å². The Bertz CT molecular complexity index is 1080. The Morgan fingerprint density at radius 3 is 2.58 bits per heavy atom. The van der Waals surface area contributed by atoms with E-state index in [4.69, 9.17) is 25.5 Å². The van der Waals surface area contributed by atoms with Gasteiger partial charge >= 0.3 is 6.18 Å². The van der Waals surface area contributed by atoms with Crippen LogP contribution in [0.4, 0.5) is 13.2 Å². The van der Waals surface area contributed by atoms with E-state index in [-0.39, 0.29) is 37.3 Å². The van der Waals surface area contributed by atoms with Gasteiger partial charge in [0.25, 0.3) is 5.78 Å². The third kappa shape index (κ3) is 5.37. The van der Waals surface area contributed by atoms with Gasteiger partial charge in [0.05, 0.1) is 35.2 Å². The van der Waals surface area contributed by atoms with Crippen molar-refractivity contribution < 1.29 is 22.7 Å². The number of carbonyl (C=O) groups excluding carboxylic acids is 1. The fraction of sp³-hybridized carbons (Fsp3) is 0.760. The number of carbonyl (C=O) groups is 1. The summed E-state index contributed by atoms with van der Waals surface area (Å²) in [5, 5.41) is 7.20. The van der Waals surface area contributed by atoms with Gasteiger partial charge in [-0.2, -0.15) is 18.3 Å². The van der Waals surface area contributed by atoms with Gasteiger partial charge in [-0.3, -0.25) is 4.79 Å². The van der Waals surface area contributed by atoms with Crippen molar-refractivity contribution in [1.82, 2.24) is 24.9 Å². The number of fused-ring (bicyclic) bond motifs is 1. The number of ether oxygens (including phenoxy) is 1. The van der Waals surface area contributed by atoms with E-state index in [2.05, 4.69) is 12.2 Å². The molecule has 3 fully saturated rings. The molecule has 5 rings (SSSR count). The van der Waals surface area contributed by atoms with Crippen molar-refractivity contribution in [1.29, 1.82) is 0 Å². The van der Waals surface area contributed by atoms with Gasteiger partial charge < -0.3 is 15.8 Å². The number of hydrogen-bond donors (Lipinski definition) is 2. The van der Waals surface area contributed by atoms with Crippen molar-refractivity contribution in [2.24, 2.45) is 29.4 Å². The summed E-state index contributed by atoms with van der Waals surface area (Å²) in [4.78, 5) is 22.1. The van der Waals surface area contributed by atoms with Crippen molar-refractivity contribution in [3.05, 3.63) is 23.3 Å². The van der Waals surface area contributed by atoms with Crippen LogP contribution >= 0.6 is 0 Å². The number of nitrogens with two attached hydrogens (primary N) is 1. The predicted octanol–water partition coefficient (Wildman–Crippen LogP) is 3.70. The lowest BCUT2D eigenvalue weighted by Gasteiger charge is -2.31. The molecule has 11 heteroatoms. The van der Waals surface area contributed by atoms with E-state index in [1.165, 1.54) is 0 Å². The first-order chi connectivity index (χ1) is 17.2. The van der Waals surface area contributed by atoms with Crippen molar-refractivity contribution >= 4 is 11.7 Å². The summed E-state index contributed by atoms with van der Waals surface area (Å²) in [5.41, 5.74) is 8.62. The van der Waals surface area contributed by atoms with Crippen LogP contribution in [0.15, 0.2) is 6.20 Å². The van der Waals surface area contributed by atoms with Crippen LogP contribution in [0.3, 0.4) is 0 Å². The van der Waals surface area contributed by atoms with Gasteiger partial charge in [0, 0.05) is 38.0 Å². The molecule has 3 N–H and O–H groups in total. The van der Waals surface area contributed by atoms with Crippen molar-refractivity contribution in [2.75, 3.05) is 19.8 Å². The van der Waals surface area contributed by atoms with Gasteiger partial charge in [-0.1, -0.05) is 19.8 Å². The first kappa shape index (κ1) is 25.4. The number of nitrogens with zero attached hydrogens (tertiary/aromatic N) is 4. The highest BCUT2D eigenvalue weighted by atomic mass is 19.4. The molecule has 2 saturated heterocycles. The summed E-state index contributed by atoms with van der Waals surface area (Å²) in [6.45, 7) is 3.06. The van der Waals surface area contributed by atoms with Crippen LogP contribution in [0.1, 0.15) is 80.9 Å². The molecule has 2 aromatic heterocycles. The zero-order valence-corrected chi connectivity index (χ0v) is 20.6. The number of rotatable bonds is 5. The summed E-state index contributed by atoms with van der Waals surface area (Å²) < 4.78 is 47.3. The Kier molecular flexibility index (Phi) is 7.22. The van der Waals surface area contributed by atoms with Crippen LogP contribution < -0.4 is 11.1 Å². The largest absolute Gasteiger partial charge is 0.393 e. The number of nitrogens with one attached hydrogen (secondary N) is 1. The van der Waals surface area contributed by atoms with Crippen molar-refractivity contribution in [3.63, 3.8) is 0 Å². The maximum absolute atomic E-state index is 13.4. The number of hydrogen-bond acceptors (Lipinski definition) is 6. The molecule has 0 aromatic carbocycles. The average Bonchev–Trinajstić information content (AvgIpc) is 3.28. The van der Waals surface area contributed by atoms with Crippen molar-refractivity contribution in [3.8, 4) is 0 Å². The molecule has 2 aromatic rings. The Hall–Kier alpha value is -2.27. The molecule has 3 aliphatic rings. The zero-order valence-electron chi connectivity index (χ0n) is 20.6. The highest BCUT2D eigenvalue weighted by Crippen LogP contribution is 2.37. The number of piperidine rings is 1. The molecular formula is C25H35F3N6O2.